The number of para-hydroxylation sites is 1. The van der Waals surface area contributed by atoms with E-state index in [4.69, 9.17) is 5.14 Å². The van der Waals surface area contributed by atoms with Gasteiger partial charge in [-0.25, -0.2) is 17.9 Å². The quantitative estimate of drug-likeness (QED) is 0.916. The molecule has 6 nitrogen and oxygen atoms in total. The molecule has 120 valence electrons. The number of carbonyl (C=O) groups excluding carboxylic acids is 1. The van der Waals surface area contributed by atoms with E-state index in [1.54, 1.807) is 4.90 Å². The molecular weight excluding hydrogens is 321 g/mol. The molecule has 0 radical (unpaired) electrons. The fourth-order valence-electron chi connectivity index (χ4n) is 2.45. The molecule has 1 aliphatic heterocycles. The largest absolute Gasteiger partial charge is 0.344 e. The molecule has 0 aliphatic carbocycles. The minimum absolute atomic E-state index is 0.0285. The zero-order valence-corrected chi connectivity index (χ0v) is 12.8. The smallest absolute Gasteiger partial charge is 0.248 e. The van der Waals surface area contributed by atoms with Gasteiger partial charge in [0.15, 0.2) is 0 Å². The fourth-order valence-corrected chi connectivity index (χ4v) is 2.98. The molecule has 2 aromatic carbocycles. The van der Waals surface area contributed by atoms with Crippen molar-refractivity contribution in [3.05, 3.63) is 54.3 Å². The van der Waals surface area contributed by atoms with E-state index >= 15 is 0 Å². The van der Waals surface area contributed by atoms with E-state index in [-0.39, 0.29) is 29.7 Å². The summed E-state index contributed by atoms with van der Waals surface area (Å²) in [5.41, 5.74) is 0.880. The number of primary sulfonamides is 1. The molecule has 0 unspecified atom stereocenters. The van der Waals surface area contributed by atoms with Crippen LogP contribution in [0.25, 0.3) is 0 Å². The number of benzene rings is 2. The Kier molecular flexibility index (Phi) is 3.78. The Hall–Kier alpha value is -2.45. The van der Waals surface area contributed by atoms with Crippen LogP contribution in [0.2, 0.25) is 0 Å². The first-order valence-electron chi connectivity index (χ1n) is 6.79. The first-order chi connectivity index (χ1) is 10.9. The molecular formula is C15H14FN3O3S. The molecule has 1 amide bonds. The Morgan fingerprint density at radius 1 is 1.09 bits per heavy atom. The van der Waals surface area contributed by atoms with Crippen LogP contribution in [0, 0.1) is 5.82 Å². The van der Waals surface area contributed by atoms with Gasteiger partial charge in [-0.05, 0) is 30.3 Å². The lowest BCUT2D eigenvalue weighted by Gasteiger charge is -2.20. The zero-order valence-electron chi connectivity index (χ0n) is 12.0. The molecule has 0 atom stereocenters. The summed E-state index contributed by atoms with van der Waals surface area (Å²) in [6.07, 6.45) is 0. The van der Waals surface area contributed by atoms with Crippen LogP contribution in [-0.4, -0.2) is 27.5 Å². The topological polar surface area (TPSA) is 83.7 Å². The highest BCUT2D eigenvalue weighted by molar-refractivity contribution is 7.89. The predicted molar refractivity (Wildman–Crippen MR) is 83.9 cm³/mol. The molecule has 1 fully saturated rings. The minimum atomic E-state index is -3.99. The SMILES string of the molecule is NS(=O)(=O)c1ccc(N2CN(c3ccccc3)CC2=O)c(F)c1. The highest BCUT2D eigenvalue weighted by Gasteiger charge is 2.30. The summed E-state index contributed by atoms with van der Waals surface area (Å²) < 4.78 is 36.7. The maximum atomic E-state index is 14.2. The lowest BCUT2D eigenvalue weighted by Crippen LogP contribution is -2.28. The monoisotopic (exact) mass is 335 g/mol. The van der Waals surface area contributed by atoms with Crippen LogP contribution in [0.3, 0.4) is 0 Å². The van der Waals surface area contributed by atoms with Crippen molar-refractivity contribution in [2.75, 3.05) is 23.0 Å². The number of nitrogens with two attached hydrogens (primary N) is 1. The Labute approximate surface area is 133 Å². The first-order valence-corrected chi connectivity index (χ1v) is 8.33. The van der Waals surface area contributed by atoms with Crippen LogP contribution >= 0.6 is 0 Å². The van der Waals surface area contributed by atoms with Crippen LogP contribution in [0.15, 0.2) is 53.4 Å². The molecule has 1 saturated heterocycles. The molecule has 3 rings (SSSR count). The molecule has 0 saturated carbocycles. The van der Waals surface area contributed by atoms with Gasteiger partial charge in [-0.15, -0.1) is 0 Å². The summed E-state index contributed by atoms with van der Waals surface area (Å²) in [7, 11) is -3.99. The van der Waals surface area contributed by atoms with Gasteiger partial charge in [-0.2, -0.15) is 0 Å². The van der Waals surface area contributed by atoms with Crippen molar-refractivity contribution in [2.45, 2.75) is 4.90 Å². The van der Waals surface area contributed by atoms with Crippen molar-refractivity contribution in [3.63, 3.8) is 0 Å². The summed E-state index contributed by atoms with van der Waals surface area (Å²) >= 11 is 0. The molecule has 0 aromatic heterocycles. The van der Waals surface area contributed by atoms with Gasteiger partial charge in [0.05, 0.1) is 23.8 Å². The Balaban J connectivity index is 1.89. The van der Waals surface area contributed by atoms with Gasteiger partial charge in [-0.3, -0.25) is 9.69 Å². The molecule has 1 aliphatic rings. The number of anilines is 2. The van der Waals surface area contributed by atoms with E-state index in [1.165, 1.54) is 17.0 Å². The number of halogens is 1. The zero-order chi connectivity index (χ0) is 16.6. The molecule has 23 heavy (non-hydrogen) atoms. The molecule has 0 bridgehead atoms. The number of sulfonamides is 1. The third kappa shape index (κ3) is 3.03. The van der Waals surface area contributed by atoms with E-state index in [0.717, 1.165) is 11.8 Å². The third-order valence-corrected chi connectivity index (χ3v) is 4.51. The summed E-state index contributed by atoms with van der Waals surface area (Å²) in [5, 5.41) is 4.97. The third-order valence-electron chi connectivity index (χ3n) is 3.60. The van der Waals surface area contributed by atoms with Gasteiger partial charge in [0.2, 0.25) is 15.9 Å². The maximum absolute atomic E-state index is 14.2. The predicted octanol–water partition coefficient (Wildman–Crippen LogP) is 1.28. The fraction of sp³-hybridized carbons (Fsp3) is 0.133. The van der Waals surface area contributed by atoms with E-state index in [1.807, 2.05) is 30.3 Å². The minimum Gasteiger partial charge on any atom is -0.344 e. The van der Waals surface area contributed by atoms with Gasteiger partial charge in [0.1, 0.15) is 5.82 Å². The molecule has 2 N–H and O–H groups in total. The number of nitrogens with zero attached hydrogens (tertiary/aromatic N) is 2. The van der Waals surface area contributed by atoms with Gasteiger partial charge in [0.25, 0.3) is 0 Å². The lowest BCUT2D eigenvalue weighted by atomic mass is 10.3. The van der Waals surface area contributed by atoms with Crippen LogP contribution in [-0.2, 0) is 14.8 Å². The van der Waals surface area contributed by atoms with Crippen molar-refractivity contribution in [3.8, 4) is 0 Å². The lowest BCUT2D eigenvalue weighted by molar-refractivity contribution is -0.116. The van der Waals surface area contributed by atoms with Gasteiger partial charge < -0.3 is 4.90 Å². The van der Waals surface area contributed by atoms with Crippen molar-refractivity contribution in [1.82, 2.24) is 0 Å². The second-order valence-electron chi connectivity index (χ2n) is 5.15. The molecule has 0 spiro atoms. The number of carbonyl (C=O) groups is 1. The van der Waals surface area contributed by atoms with E-state index < -0.39 is 15.8 Å². The second-order valence-corrected chi connectivity index (χ2v) is 6.72. The number of amides is 1. The van der Waals surface area contributed by atoms with Crippen LogP contribution in [0.4, 0.5) is 15.8 Å². The number of hydrogen-bond donors (Lipinski definition) is 1. The maximum Gasteiger partial charge on any atom is 0.248 e. The molecule has 2 aromatic rings. The van der Waals surface area contributed by atoms with Gasteiger partial charge in [0, 0.05) is 5.69 Å². The summed E-state index contributed by atoms with van der Waals surface area (Å²) in [6, 6.07) is 12.5. The summed E-state index contributed by atoms with van der Waals surface area (Å²) in [5.74, 6) is -1.07. The molecule has 8 heteroatoms. The summed E-state index contributed by atoms with van der Waals surface area (Å²) in [6.45, 7) is 0.314. The highest BCUT2D eigenvalue weighted by Crippen LogP contribution is 2.27. The van der Waals surface area contributed by atoms with Crippen molar-refractivity contribution in [2.24, 2.45) is 5.14 Å². The van der Waals surface area contributed by atoms with Crippen molar-refractivity contribution >= 4 is 27.3 Å². The van der Waals surface area contributed by atoms with E-state index in [2.05, 4.69) is 0 Å². The Morgan fingerprint density at radius 3 is 2.39 bits per heavy atom. The van der Waals surface area contributed by atoms with Crippen LogP contribution < -0.4 is 14.9 Å². The van der Waals surface area contributed by atoms with Crippen molar-refractivity contribution < 1.29 is 17.6 Å². The number of hydrogen-bond acceptors (Lipinski definition) is 4. The first kappa shape index (κ1) is 15.4. The van der Waals surface area contributed by atoms with E-state index in [0.29, 0.717) is 0 Å². The Morgan fingerprint density at radius 2 is 1.78 bits per heavy atom. The second kappa shape index (κ2) is 5.64. The Bertz CT molecular complexity index is 856. The van der Waals surface area contributed by atoms with Gasteiger partial charge in [-0.1, -0.05) is 18.2 Å². The standard InChI is InChI=1S/C15H14FN3O3S/c16-13-8-12(23(17,21)22)6-7-14(13)19-10-18(9-15(19)20)11-4-2-1-3-5-11/h1-8H,9-10H2,(H2,17,21,22). The van der Waals surface area contributed by atoms with Crippen LogP contribution in [0.1, 0.15) is 0 Å². The normalized spacial score (nSPS) is 15.3. The summed E-state index contributed by atoms with van der Waals surface area (Å²) in [4.78, 5) is 14.9. The number of rotatable bonds is 3. The van der Waals surface area contributed by atoms with Gasteiger partial charge >= 0.3 is 0 Å². The highest BCUT2D eigenvalue weighted by atomic mass is 32.2. The van der Waals surface area contributed by atoms with Crippen LogP contribution in [0.5, 0.6) is 0 Å². The average molecular weight is 335 g/mol. The van der Waals surface area contributed by atoms with E-state index in [9.17, 15) is 17.6 Å². The molecule has 1 heterocycles. The van der Waals surface area contributed by atoms with Crippen molar-refractivity contribution in [1.29, 1.82) is 0 Å². The average Bonchev–Trinajstić information content (AvgIpc) is 2.89.